The highest BCUT2D eigenvalue weighted by molar-refractivity contribution is 6.13. The number of rotatable bonds is 3. The lowest BCUT2D eigenvalue weighted by Crippen LogP contribution is -2.36. The third-order valence-corrected chi connectivity index (χ3v) is 4.06. The third-order valence-electron chi connectivity index (χ3n) is 4.06. The molecule has 0 spiro atoms. The van der Waals surface area contributed by atoms with E-state index in [1.807, 2.05) is 19.0 Å². The molecule has 4 nitrogen and oxygen atoms in total. The van der Waals surface area contributed by atoms with Crippen molar-refractivity contribution in [3.05, 3.63) is 53.6 Å². The zero-order chi connectivity index (χ0) is 18.2. The first kappa shape index (κ1) is 17.3. The second-order valence-corrected chi connectivity index (χ2v) is 6.16. The number of para-hydroxylation sites is 1. The Kier molecular flexibility index (Phi) is 4.43. The fraction of sp³-hybridized carbons (Fsp3) is 0.278. The van der Waals surface area contributed by atoms with E-state index in [0.29, 0.717) is 30.0 Å². The van der Waals surface area contributed by atoms with E-state index < -0.39 is 11.7 Å². The van der Waals surface area contributed by atoms with Crippen molar-refractivity contribution < 1.29 is 18.0 Å². The molecule has 1 aliphatic heterocycles. The molecule has 0 fully saturated rings. The summed E-state index contributed by atoms with van der Waals surface area (Å²) in [5.74, 6) is -0.233. The van der Waals surface area contributed by atoms with Crippen molar-refractivity contribution in [3.63, 3.8) is 0 Å². The van der Waals surface area contributed by atoms with Crippen LogP contribution < -0.4 is 10.2 Å². The van der Waals surface area contributed by atoms with Gasteiger partial charge in [0.05, 0.1) is 28.2 Å². The Balaban J connectivity index is 2.12. The van der Waals surface area contributed by atoms with Crippen molar-refractivity contribution in [2.24, 2.45) is 0 Å². The van der Waals surface area contributed by atoms with Crippen molar-refractivity contribution in [1.82, 2.24) is 4.90 Å². The minimum Gasteiger partial charge on any atom is -0.353 e. The van der Waals surface area contributed by atoms with Crippen molar-refractivity contribution in [1.29, 1.82) is 0 Å². The number of benzene rings is 2. The van der Waals surface area contributed by atoms with Crippen LogP contribution in [0.2, 0.25) is 0 Å². The number of carbonyl (C=O) groups is 1. The zero-order valence-electron chi connectivity index (χ0n) is 13.9. The number of amides is 1. The largest absolute Gasteiger partial charge is 0.416 e. The van der Waals surface area contributed by atoms with Gasteiger partial charge in [-0.3, -0.25) is 4.79 Å². The number of likely N-dealkylation sites (N-methyl/N-ethyl adjacent to an activating group) is 1. The van der Waals surface area contributed by atoms with E-state index in [1.165, 1.54) is 11.0 Å². The van der Waals surface area contributed by atoms with Crippen LogP contribution in [0, 0.1) is 0 Å². The maximum Gasteiger partial charge on any atom is 0.416 e. The molecule has 0 aromatic heterocycles. The van der Waals surface area contributed by atoms with Gasteiger partial charge < -0.3 is 15.1 Å². The van der Waals surface area contributed by atoms with Crippen LogP contribution >= 0.6 is 0 Å². The van der Waals surface area contributed by atoms with E-state index >= 15 is 0 Å². The summed E-state index contributed by atoms with van der Waals surface area (Å²) in [6.45, 7) is 0.967. The van der Waals surface area contributed by atoms with Gasteiger partial charge in [0.25, 0.3) is 5.91 Å². The van der Waals surface area contributed by atoms with Gasteiger partial charge in [-0.25, -0.2) is 0 Å². The molecule has 1 amide bonds. The Bertz CT molecular complexity index is 802. The van der Waals surface area contributed by atoms with Crippen molar-refractivity contribution in [3.8, 4) is 0 Å². The van der Waals surface area contributed by atoms with Crippen LogP contribution in [0.25, 0.3) is 0 Å². The van der Waals surface area contributed by atoms with Crippen LogP contribution in [0.4, 0.5) is 30.2 Å². The molecular formula is C18H18F3N3O. The minimum absolute atomic E-state index is 0.233. The summed E-state index contributed by atoms with van der Waals surface area (Å²) in [6.07, 6.45) is -4.44. The van der Waals surface area contributed by atoms with E-state index in [2.05, 4.69) is 5.32 Å². The lowest BCUT2D eigenvalue weighted by atomic mass is 10.1. The SMILES string of the molecule is CN(C)CCN1C(=O)c2ccccc2Nc2cc(C(F)(F)F)ccc21. The first-order chi connectivity index (χ1) is 11.8. The van der Waals surface area contributed by atoms with Gasteiger partial charge in [0, 0.05) is 13.1 Å². The van der Waals surface area contributed by atoms with Crippen LogP contribution in [-0.4, -0.2) is 38.0 Å². The molecule has 7 heteroatoms. The van der Waals surface area contributed by atoms with E-state index in [-0.39, 0.29) is 11.6 Å². The molecule has 1 aliphatic rings. The molecule has 25 heavy (non-hydrogen) atoms. The van der Waals surface area contributed by atoms with Crippen LogP contribution in [-0.2, 0) is 6.18 Å². The summed E-state index contributed by atoms with van der Waals surface area (Å²) in [7, 11) is 3.75. The topological polar surface area (TPSA) is 35.6 Å². The van der Waals surface area contributed by atoms with E-state index in [1.54, 1.807) is 24.3 Å². The number of hydrogen-bond donors (Lipinski definition) is 1. The lowest BCUT2D eigenvalue weighted by Gasteiger charge is -2.25. The first-order valence-corrected chi connectivity index (χ1v) is 7.81. The number of carbonyl (C=O) groups excluding carboxylic acids is 1. The Morgan fingerprint density at radius 1 is 1.08 bits per heavy atom. The van der Waals surface area contributed by atoms with E-state index in [9.17, 15) is 18.0 Å². The Hall–Kier alpha value is -2.54. The predicted molar refractivity (Wildman–Crippen MR) is 91.4 cm³/mol. The highest BCUT2D eigenvalue weighted by Crippen LogP contribution is 2.39. The number of alkyl halides is 3. The molecule has 132 valence electrons. The van der Waals surface area contributed by atoms with Crippen molar-refractivity contribution >= 4 is 23.0 Å². The second kappa shape index (κ2) is 6.40. The molecule has 0 bridgehead atoms. The summed E-state index contributed by atoms with van der Waals surface area (Å²) in [6, 6.07) is 10.2. The molecule has 3 rings (SSSR count). The van der Waals surface area contributed by atoms with Crippen LogP contribution in [0.15, 0.2) is 42.5 Å². The molecule has 1 heterocycles. The van der Waals surface area contributed by atoms with Gasteiger partial charge in [-0.1, -0.05) is 12.1 Å². The van der Waals surface area contributed by atoms with Gasteiger partial charge in [-0.15, -0.1) is 0 Å². The zero-order valence-corrected chi connectivity index (χ0v) is 13.9. The number of halogens is 3. The van der Waals surface area contributed by atoms with E-state index in [0.717, 1.165) is 12.1 Å². The molecule has 1 N–H and O–H groups in total. The summed E-state index contributed by atoms with van der Waals surface area (Å²) < 4.78 is 39.2. The molecule has 0 saturated heterocycles. The molecule has 0 atom stereocenters. The van der Waals surface area contributed by atoms with Crippen molar-refractivity contribution in [2.45, 2.75) is 6.18 Å². The summed E-state index contributed by atoms with van der Waals surface area (Å²) >= 11 is 0. The van der Waals surface area contributed by atoms with Gasteiger partial charge in [0.15, 0.2) is 0 Å². The molecule has 0 saturated carbocycles. The lowest BCUT2D eigenvalue weighted by molar-refractivity contribution is -0.137. The molecule has 0 unspecified atom stereocenters. The van der Waals surface area contributed by atoms with Gasteiger partial charge in [-0.2, -0.15) is 13.2 Å². The van der Waals surface area contributed by atoms with Crippen LogP contribution in [0.3, 0.4) is 0 Å². The number of fused-ring (bicyclic) bond motifs is 2. The number of nitrogens with zero attached hydrogens (tertiary/aromatic N) is 2. The number of anilines is 3. The second-order valence-electron chi connectivity index (χ2n) is 6.16. The summed E-state index contributed by atoms with van der Waals surface area (Å²) in [5.41, 5.74) is 0.896. The average Bonchev–Trinajstić information content (AvgIpc) is 2.66. The van der Waals surface area contributed by atoms with Gasteiger partial charge >= 0.3 is 6.18 Å². The van der Waals surface area contributed by atoms with Gasteiger partial charge in [-0.05, 0) is 44.4 Å². The van der Waals surface area contributed by atoms with Crippen LogP contribution in [0.1, 0.15) is 15.9 Å². The number of hydrogen-bond acceptors (Lipinski definition) is 3. The smallest absolute Gasteiger partial charge is 0.353 e. The van der Waals surface area contributed by atoms with Gasteiger partial charge in [0.2, 0.25) is 0 Å². The van der Waals surface area contributed by atoms with Crippen molar-refractivity contribution in [2.75, 3.05) is 37.4 Å². The molecular weight excluding hydrogens is 331 g/mol. The van der Waals surface area contributed by atoms with Crippen LogP contribution in [0.5, 0.6) is 0 Å². The predicted octanol–water partition coefficient (Wildman–Crippen LogP) is 3.97. The fourth-order valence-electron chi connectivity index (χ4n) is 2.75. The standard InChI is InChI=1S/C18H18F3N3O/c1-23(2)9-10-24-16-8-7-12(18(19,20)21)11-15(16)22-14-6-4-3-5-13(14)17(24)25/h3-8,11,22H,9-10H2,1-2H3. The third kappa shape index (κ3) is 3.46. The van der Waals surface area contributed by atoms with Gasteiger partial charge in [0.1, 0.15) is 0 Å². The Morgan fingerprint density at radius 2 is 1.80 bits per heavy atom. The molecule has 2 aromatic carbocycles. The summed E-state index contributed by atoms with van der Waals surface area (Å²) in [5, 5.41) is 2.99. The minimum atomic E-state index is -4.44. The first-order valence-electron chi connectivity index (χ1n) is 7.81. The molecule has 2 aromatic rings. The Morgan fingerprint density at radius 3 is 2.48 bits per heavy atom. The highest BCUT2D eigenvalue weighted by Gasteiger charge is 2.33. The average molecular weight is 349 g/mol. The normalized spacial score (nSPS) is 14.0. The molecule has 0 radical (unpaired) electrons. The Labute approximate surface area is 143 Å². The quantitative estimate of drug-likeness (QED) is 0.911. The maximum atomic E-state index is 13.1. The maximum absolute atomic E-state index is 13.1. The fourth-order valence-corrected chi connectivity index (χ4v) is 2.75. The molecule has 0 aliphatic carbocycles. The highest BCUT2D eigenvalue weighted by atomic mass is 19.4. The van der Waals surface area contributed by atoms with E-state index in [4.69, 9.17) is 0 Å². The number of nitrogens with one attached hydrogen (secondary N) is 1. The monoisotopic (exact) mass is 349 g/mol. The summed E-state index contributed by atoms with van der Waals surface area (Å²) in [4.78, 5) is 16.4.